The molecule has 0 bridgehead atoms. The molecule has 2 aromatic carbocycles. The van der Waals surface area contributed by atoms with Gasteiger partial charge in [-0.1, -0.05) is 54.6 Å². The van der Waals surface area contributed by atoms with Gasteiger partial charge in [0.15, 0.2) is 6.10 Å². The van der Waals surface area contributed by atoms with Gasteiger partial charge in [0.05, 0.1) is 0 Å². The van der Waals surface area contributed by atoms with E-state index in [0.29, 0.717) is 5.75 Å². The van der Waals surface area contributed by atoms with Crippen LogP contribution in [0.25, 0.3) is 12.2 Å². The van der Waals surface area contributed by atoms with Crippen LogP contribution in [0.4, 0.5) is 0 Å². The van der Waals surface area contributed by atoms with Gasteiger partial charge in [0.2, 0.25) is 0 Å². The van der Waals surface area contributed by atoms with Crippen LogP contribution in [-0.2, 0) is 4.79 Å². The van der Waals surface area contributed by atoms with Gasteiger partial charge in [-0.2, -0.15) is 0 Å². The molecule has 0 radical (unpaired) electrons. The van der Waals surface area contributed by atoms with Crippen molar-refractivity contribution in [1.29, 1.82) is 0 Å². The monoisotopic (exact) mass is 267 g/mol. The Morgan fingerprint density at radius 3 is 2.40 bits per heavy atom. The zero-order chi connectivity index (χ0) is 14.4. The maximum Gasteiger partial charge on any atom is 0.258 e. The summed E-state index contributed by atoms with van der Waals surface area (Å²) in [6, 6.07) is 17.6. The molecule has 0 heterocycles. The van der Waals surface area contributed by atoms with Crippen molar-refractivity contribution in [1.82, 2.24) is 0 Å². The fraction of sp³-hybridized carbons (Fsp3) is 0.118. The molecule has 0 fully saturated rings. The van der Waals surface area contributed by atoms with E-state index in [1.807, 2.05) is 60.7 Å². The van der Waals surface area contributed by atoms with Gasteiger partial charge in [0.25, 0.3) is 5.91 Å². The molecule has 3 nitrogen and oxygen atoms in total. The van der Waals surface area contributed by atoms with Crippen molar-refractivity contribution in [3.63, 3.8) is 0 Å². The Morgan fingerprint density at radius 2 is 1.70 bits per heavy atom. The van der Waals surface area contributed by atoms with Gasteiger partial charge in [0.1, 0.15) is 5.75 Å². The molecule has 2 N–H and O–H groups in total. The van der Waals surface area contributed by atoms with Crippen molar-refractivity contribution in [2.45, 2.75) is 13.0 Å². The summed E-state index contributed by atoms with van der Waals surface area (Å²) in [7, 11) is 0. The normalized spacial score (nSPS) is 12.2. The minimum Gasteiger partial charge on any atom is -0.481 e. The van der Waals surface area contributed by atoms with Crippen molar-refractivity contribution in [3.8, 4) is 5.75 Å². The molecule has 0 saturated heterocycles. The van der Waals surface area contributed by atoms with Crippen molar-refractivity contribution < 1.29 is 9.53 Å². The molecule has 102 valence electrons. The lowest BCUT2D eigenvalue weighted by atomic mass is 10.1. The standard InChI is InChI=1S/C17H17NO2/c1-13(17(18)19)20-16-9-5-8-15(12-16)11-10-14-6-3-2-4-7-14/h2-13H,1H3,(H2,18,19)/b11-10+/t13-/m0/s1. The molecule has 20 heavy (non-hydrogen) atoms. The first-order valence-electron chi connectivity index (χ1n) is 6.44. The van der Waals surface area contributed by atoms with Crippen LogP contribution in [0.5, 0.6) is 5.75 Å². The van der Waals surface area contributed by atoms with E-state index in [0.717, 1.165) is 11.1 Å². The summed E-state index contributed by atoms with van der Waals surface area (Å²) in [5, 5.41) is 0. The average Bonchev–Trinajstić information content (AvgIpc) is 2.46. The Morgan fingerprint density at radius 1 is 1.05 bits per heavy atom. The van der Waals surface area contributed by atoms with Gasteiger partial charge >= 0.3 is 0 Å². The first-order valence-corrected chi connectivity index (χ1v) is 6.44. The van der Waals surface area contributed by atoms with Crippen molar-refractivity contribution >= 4 is 18.1 Å². The van der Waals surface area contributed by atoms with Crippen LogP contribution in [0.1, 0.15) is 18.1 Å². The number of ether oxygens (including phenoxy) is 1. The SMILES string of the molecule is C[C@H](Oc1cccc(/C=C/c2ccccc2)c1)C(N)=O. The number of rotatable bonds is 5. The van der Waals surface area contributed by atoms with Crippen LogP contribution in [0.15, 0.2) is 54.6 Å². The highest BCUT2D eigenvalue weighted by molar-refractivity contribution is 5.78. The van der Waals surface area contributed by atoms with Gasteiger partial charge in [-0.15, -0.1) is 0 Å². The van der Waals surface area contributed by atoms with Crippen LogP contribution >= 0.6 is 0 Å². The predicted molar refractivity (Wildman–Crippen MR) is 81.1 cm³/mol. The third-order valence-electron chi connectivity index (χ3n) is 2.84. The smallest absolute Gasteiger partial charge is 0.258 e. The fourth-order valence-electron chi connectivity index (χ4n) is 1.71. The van der Waals surface area contributed by atoms with E-state index in [1.54, 1.807) is 13.0 Å². The summed E-state index contributed by atoms with van der Waals surface area (Å²) in [6.45, 7) is 1.63. The number of carbonyl (C=O) groups is 1. The topological polar surface area (TPSA) is 52.3 Å². The Kier molecular flexibility index (Phi) is 4.56. The van der Waals surface area contributed by atoms with Crippen molar-refractivity contribution in [2.24, 2.45) is 5.73 Å². The second-order valence-corrected chi connectivity index (χ2v) is 4.48. The van der Waals surface area contributed by atoms with Gasteiger partial charge in [-0.05, 0) is 30.2 Å². The number of hydrogen-bond acceptors (Lipinski definition) is 2. The molecule has 3 heteroatoms. The maximum absolute atomic E-state index is 11.0. The van der Waals surface area contributed by atoms with Crippen molar-refractivity contribution in [3.05, 3.63) is 65.7 Å². The zero-order valence-electron chi connectivity index (χ0n) is 11.3. The average molecular weight is 267 g/mol. The summed E-state index contributed by atoms with van der Waals surface area (Å²) in [5.41, 5.74) is 7.31. The Bertz CT molecular complexity index is 605. The molecule has 2 aromatic rings. The molecular weight excluding hydrogens is 250 g/mol. The Balaban J connectivity index is 2.10. The van der Waals surface area contributed by atoms with Crippen LogP contribution in [0, 0.1) is 0 Å². The van der Waals surface area contributed by atoms with Crippen LogP contribution in [-0.4, -0.2) is 12.0 Å². The lowest BCUT2D eigenvalue weighted by molar-refractivity contribution is -0.123. The van der Waals surface area contributed by atoms with E-state index in [1.165, 1.54) is 0 Å². The van der Waals surface area contributed by atoms with Crippen LogP contribution < -0.4 is 10.5 Å². The van der Waals surface area contributed by atoms with Gasteiger partial charge in [0, 0.05) is 0 Å². The Labute approximate surface area is 118 Å². The summed E-state index contributed by atoms with van der Waals surface area (Å²) in [4.78, 5) is 11.0. The van der Waals surface area contributed by atoms with E-state index in [2.05, 4.69) is 0 Å². The number of primary amides is 1. The molecule has 0 unspecified atom stereocenters. The predicted octanol–water partition coefficient (Wildman–Crippen LogP) is 3.11. The largest absolute Gasteiger partial charge is 0.481 e. The quantitative estimate of drug-likeness (QED) is 0.846. The second kappa shape index (κ2) is 6.57. The van der Waals surface area contributed by atoms with E-state index in [9.17, 15) is 4.79 Å². The molecule has 0 saturated carbocycles. The minimum absolute atomic E-state index is 0.477. The third kappa shape index (κ3) is 3.99. The highest BCUT2D eigenvalue weighted by atomic mass is 16.5. The molecule has 0 aliphatic carbocycles. The number of nitrogens with two attached hydrogens (primary N) is 1. The summed E-state index contributed by atoms with van der Waals surface area (Å²) >= 11 is 0. The molecular formula is C17H17NO2. The minimum atomic E-state index is -0.636. The maximum atomic E-state index is 11.0. The van der Waals surface area contributed by atoms with Gasteiger partial charge in [-0.3, -0.25) is 4.79 Å². The van der Waals surface area contributed by atoms with Crippen molar-refractivity contribution in [2.75, 3.05) is 0 Å². The first kappa shape index (κ1) is 13.9. The van der Waals surface area contributed by atoms with E-state index < -0.39 is 12.0 Å². The number of benzene rings is 2. The lowest BCUT2D eigenvalue weighted by Gasteiger charge is -2.11. The van der Waals surface area contributed by atoms with Crippen LogP contribution in [0.3, 0.4) is 0 Å². The molecule has 2 rings (SSSR count). The third-order valence-corrected chi connectivity index (χ3v) is 2.84. The van der Waals surface area contributed by atoms with E-state index in [4.69, 9.17) is 10.5 Å². The van der Waals surface area contributed by atoms with E-state index >= 15 is 0 Å². The van der Waals surface area contributed by atoms with Gasteiger partial charge < -0.3 is 10.5 Å². The number of amides is 1. The first-order chi connectivity index (χ1) is 9.65. The summed E-state index contributed by atoms with van der Waals surface area (Å²) in [5.74, 6) is 0.154. The summed E-state index contributed by atoms with van der Waals surface area (Å²) < 4.78 is 5.46. The zero-order valence-corrected chi connectivity index (χ0v) is 11.3. The molecule has 0 aliphatic heterocycles. The van der Waals surface area contributed by atoms with Crippen LogP contribution in [0.2, 0.25) is 0 Å². The fourth-order valence-corrected chi connectivity index (χ4v) is 1.71. The number of hydrogen-bond donors (Lipinski definition) is 1. The highest BCUT2D eigenvalue weighted by Gasteiger charge is 2.09. The molecule has 0 aromatic heterocycles. The molecule has 1 atom stereocenters. The second-order valence-electron chi connectivity index (χ2n) is 4.48. The molecule has 1 amide bonds. The molecule has 0 spiro atoms. The number of carbonyl (C=O) groups excluding carboxylic acids is 1. The summed E-state index contributed by atoms with van der Waals surface area (Å²) in [6.07, 6.45) is 3.39. The Hall–Kier alpha value is -2.55. The molecule has 0 aliphatic rings. The van der Waals surface area contributed by atoms with Gasteiger partial charge in [-0.25, -0.2) is 0 Å². The highest BCUT2D eigenvalue weighted by Crippen LogP contribution is 2.17. The van der Waals surface area contributed by atoms with E-state index in [-0.39, 0.29) is 0 Å². The lowest BCUT2D eigenvalue weighted by Crippen LogP contribution is -2.30.